The Hall–Kier alpha value is -1.72. The molecule has 0 amide bonds. The highest BCUT2D eigenvalue weighted by atomic mass is 32.1. The first-order chi connectivity index (χ1) is 12.4. The summed E-state index contributed by atoms with van der Waals surface area (Å²) in [4.78, 5) is 5.83. The van der Waals surface area contributed by atoms with Crippen molar-refractivity contribution in [3.63, 3.8) is 0 Å². The molecule has 1 atom stereocenters. The number of thiazole rings is 1. The van der Waals surface area contributed by atoms with E-state index in [1.165, 1.54) is 30.5 Å². The SMILES string of the molecule is c1ccc(-c2csc(=NC[C@@H]3CCCO3)n2N=C2CCCCC2)cc1. The highest BCUT2D eigenvalue weighted by Gasteiger charge is 2.15. The number of ether oxygens (including phenoxy) is 1. The Morgan fingerprint density at radius 1 is 1.08 bits per heavy atom. The summed E-state index contributed by atoms with van der Waals surface area (Å²) in [6.45, 7) is 1.61. The molecule has 4 rings (SSSR count). The Morgan fingerprint density at radius 2 is 1.92 bits per heavy atom. The molecular weight excluding hydrogens is 330 g/mol. The van der Waals surface area contributed by atoms with Crippen molar-refractivity contribution < 1.29 is 4.74 Å². The molecule has 0 spiro atoms. The molecule has 2 fully saturated rings. The van der Waals surface area contributed by atoms with Crippen LogP contribution >= 0.6 is 11.3 Å². The maximum atomic E-state index is 5.72. The fourth-order valence-electron chi connectivity index (χ4n) is 3.48. The first-order valence-electron chi connectivity index (χ1n) is 9.35. The van der Waals surface area contributed by atoms with Crippen LogP contribution in [0.2, 0.25) is 0 Å². The second kappa shape index (κ2) is 8.11. The van der Waals surface area contributed by atoms with Gasteiger partial charge in [-0.25, -0.2) is 4.68 Å². The molecule has 25 heavy (non-hydrogen) atoms. The highest BCUT2D eigenvalue weighted by Crippen LogP contribution is 2.22. The molecule has 0 radical (unpaired) electrons. The number of hydrogen-bond acceptors (Lipinski definition) is 4. The molecule has 1 saturated heterocycles. The van der Waals surface area contributed by atoms with Crippen molar-refractivity contribution in [1.29, 1.82) is 0 Å². The van der Waals surface area contributed by atoms with E-state index >= 15 is 0 Å². The maximum Gasteiger partial charge on any atom is 0.206 e. The van der Waals surface area contributed by atoms with Crippen LogP contribution in [-0.2, 0) is 4.74 Å². The molecule has 0 N–H and O–H groups in total. The largest absolute Gasteiger partial charge is 0.376 e. The van der Waals surface area contributed by atoms with Crippen molar-refractivity contribution in [1.82, 2.24) is 4.68 Å². The third-order valence-corrected chi connectivity index (χ3v) is 5.74. The number of aromatic nitrogens is 1. The average Bonchev–Trinajstić information content (AvgIpc) is 3.32. The van der Waals surface area contributed by atoms with Crippen LogP contribution < -0.4 is 4.80 Å². The van der Waals surface area contributed by atoms with Crippen LogP contribution in [0.15, 0.2) is 45.8 Å². The summed E-state index contributed by atoms with van der Waals surface area (Å²) in [7, 11) is 0. The van der Waals surface area contributed by atoms with Gasteiger partial charge in [0, 0.05) is 23.3 Å². The molecule has 132 valence electrons. The van der Waals surface area contributed by atoms with Gasteiger partial charge in [-0.15, -0.1) is 11.3 Å². The van der Waals surface area contributed by atoms with Crippen LogP contribution in [0.25, 0.3) is 11.3 Å². The quantitative estimate of drug-likeness (QED) is 0.798. The van der Waals surface area contributed by atoms with Crippen LogP contribution in [0.3, 0.4) is 0 Å². The van der Waals surface area contributed by atoms with Crippen LogP contribution in [0.4, 0.5) is 0 Å². The first-order valence-corrected chi connectivity index (χ1v) is 10.2. The van der Waals surface area contributed by atoms with Gasteiger partial charge in [-0.3, -0.25) is 4.99 Å². The second-order valence-corrected chi connectivity index (χ2v) is 7.62. The zero-order valence-corrected chi connectivity index (χ0v) is 15.4. The summed E-state index contributed by atoms with van der Waals surface area (Å²) in [5.41, 5.74) is 3.63. The lowest BCUT2D eigenvalue weighted by Crippen LogP contribution is -2.19. The normalized spacial score (nSPS) is 21.7. The zero-order chi connectivity index (χ0) is 16.9. The molecule has 2 aromatic rings. The van der Waals surface area contributed by atoms with E-state index in [1.54, 1.807) is 11.3 Å². The van der Waals surface area contributed by atoms with E-state index < -0.39 is 0 Å². The predicted molar refractivity (Wildman–Crippen MR) is 103 cm³/mol. The first kappa shape index (κ1) is 16.7. The summed E-state index contributed by atoms with van der Waals surface area (Å²) in [5.74, 6) is 0. The minimum Gasteiger partial charge on any atom is -0.376 e. The standard InChI is InChI=1S/C20H25N3OS/c1-3-8-16(9-4-1)19-15-25-20(21-14-18-12-7-13-24-18)23(19)22-17-10-5-2-6-11-17/h1,3-4,8-9,15,18H,2,5-7,10-14H2/t18-/m0/s1. The molecule has 5 heteroatoms. The Labute approximate surface area is 152 Å². The van der Waals surface area contributed by atoms with Gasteiger partial charge in [0.1, 0.15) is 0 Å². The summed E-state index contributed by atoms with van der Waals surface area (Å²) < 4.78 is 7.79. The molecule has 1 aliphatic carbocycles. The molecule has 2 heterocycles. The molecule has 1 aliphatic heterocycles. The molecule has 1 saturated carbocycles. The minimum absolute atomic E-state index is 0.276. The van der Waals surface area contributed by atoms with Crippen molar-refractivity contribution in [2.75, 3.05) is 13.2 Å². The minimum atomic E-state index is 0.276. The lowest BCUT2D eigenvalue weighted by atomic mass is 9.99. The van der Waals surface area contributed by atoms with Gasteiger partial charge in [0.05, 0.1) is 18.3 Å². The lowest BCUT2D eigenvalue weighted by Gasteiger charge is -2.13. The molecule has 0 unspecified atom stereocenters. The van der Waals surface area contributed by atoms with Crippen molar-refractivity contribution in [3.8, 4) is 11.3 Å². The predicted octanol–water partition coefficient (Wildman–Crippen LogP) is 4.46. The fraction of sp³-hybridized carbons (Fsp3) is 0.500. The molecular formula is C20H25N3OS. The van der Waals surface area contributed by atoms with Gasteiger partial charge in [0.25, 0.3) is 0 Å². The van der Waals surface area contributed by atoms with Crippen LogP contribution in [0.1, 0.15) is 44.9 Å². The smallest absolute Gasteiger partial charge is 0.206 e. The number of hydrogen-bond donors (Lipinski definition) is 0. The maximum absolute atomic E-state index is 5.72. The van der Waals surface area contributed by atoms with Gasteiger partial charge in [0.2, 0.25) is 4.80 Å². The van der Waals surface area contributed by atoms with E-state index in [2.05, 4.69) is 40.4 Å². The Morgan fingerprint density at radius 3 is 2.68 bits per heavy atom. The summed E-state index contributed by atoms with van der Waals surface area (Å²) >= 11 is 1.68. The van der Waals surface area contributed by atoms with Gasteiger partial charge in [0.15, 0.2) is 0 Å². The summed E-state index contributed by atoms with van der Waals surface area (Å²) in [5, 5.41) is 7.19. The number of benzene rings is 1. The fourth-order valence-corrected chi connectivity index (χ4v) is 4.32. The van der Waals surface area contributed by atoms with Crippen LogP contribution in [-0.4, -0.2) is 29.6 Å². The third-order valence-electron chi connectivity index (χ3n) is 4.88. The second-order valence-electron chi connectivity index (χ2n) is 6.78. The van der Waals surface area contributed by atoms with Gasteiger partial charge >= 0.3 is 0 Å². The van der Waals surface area contributed by atoms with E-state index in [9.17, 15) is 0 Å². The van der Waals surface area contributed by atoms with E-state index in [0.29, 0.717) is 0 Å². The van der Waals surface area contributed by atoms with Crippen LogP contribution in [0, 0.1) is 0 Å². The highest BCUT2D eigenvalue weighted by molar-refractivity contribution is 7.07. The van der Waals surface area contributed by atoms with Gasteiger partial charge in [-0.1, -0.05) is 36.8 Å². The van der Waals surface area contributed by atoms with E-state index in [0.717, 1.165) is 49.3 Å². The van der Waals surface area contributed by atoms with Crippen molar-refractivity contribution >= 4 is 17.0 Å². The molecule has 0 bridgehead atoms. The molecule has 4 nitrogen and oxygen atoms in total. The van der Waals surface area contributed by atoms with Crippen molar-refractivity contribution in [3.05, 3.63) is 40.5 Å². The average molecular weight is 356 g/mol. The van der Waals surface area contributed by atoms with E-state index in [-0.39, 0.29) is 6.10 Å². The number of rotatable bonds is 4. The Bertz CT molecular complexity index is 777. The van der Waals surface area contributed by atoms with Crippen molar-refractivity contribution in [2.45, 2.75) is 51.0 Å². The van der Waals surface area contributed by atoms with Gasteiger partial charge in [-0.05, 0) is 38.5 Å². The van der Waals surface area contributed by atoms with E-state index in [1.807, 2.05) is 0 Å². The van der Waals surface area contributed by atoms with Crippen LogP contribution in [0.5, 0.6) is 0 Å². The Kier molecular flexibility index (Phi) is 5.43. The molecule has 2 aliphatic rings. The Balaban J connectivity index is 1.70. The monoisotopic (exact) mass is 355 g/mol. The zero-order valence-electron chi connectivity index (χ0n) is 14.6. The molecule has 1 aromatic carbocycles. The third kappa shape index (κ3) is 4.10. The molecule has 1 aromatic heterocycles. The topological polar surface area (TPSA) is 38.9 Å². The van der Waals surface area contributed by atoms with Gasteiger partial charge < -0.3 is 4.74 Å². The van der Waals surface area contributed by atoms with E-state index in [4.69, 9.17) is 14.8 Å². The number of nitrogens with zero attached hydrogens (tertiary/aromatic N) is 3. The van der Waals surface area contributed by atoms with Gasteiger partial charge in [-0.2, -0.15) is 5.10 Å². The summed E-state index contributed by atoms with van der Waals surface area (Å²) in [6.07, 6.45) is 8.62. The van der Waals surface area contributed by atoms with Crippen molar-refractivity contribution in [2.24, 2.45) is 10.1 Å². The summed E-state index contributed by atoms with van der Waals surface area (Å²) in [6, 6.07) is 10.5. The lowest BCUT2D eigenvalue weighted by molar-refractivity contribution is 0.117.